The van der Waals surface area contributed by atoms with Crippen LogP contribution in [0.3, 0.4) is 0 Å². The van der Waals surface area contributed by atoms with Gasteiger partial charge in [-0.15, -0.1) is 4.73 Å². The third-order valence-corrected chi connectivity index (χ3v) is 3.41. The maximum atomic E-state index is 12.0. The minimum atomic E-state index is -0.407. The van der Waals surface area contributed by atoms with E-state index in [1.54, 1.807) is 22.6 Å². The molecule has 2 aromatic heterocycles. The molecule has 0 atom stereocenters. The van der Waals surface area contributed by atoms with E-state index in [9.17, 15) is 9.90 Å². The molecule has 2 aromatic rings. The molecule has 18 heavy (non-hydrogen) atoms. The molecular formula is C11H12IN3O3. The normalized spacial score (nSPS) is 10.8. The molecule has 0 aliphatic carbocycles. The highest BCUT2D eigenvalue weighted by Crippen LogP contribution is 2.24. The molecule has 0 fully saturated rings. The van der Waals surface area contributed by atoms with Gasteiger partial charge in [0.1, 0.15) is 22.3 Å². The molecule has 0 radical (unpaired) electrons. The minimum Gasteiger partial charge on any atom is -0.506 e. The summed E-state index contributed by atoms with van der Waals surface area (Å²) < 4.78 is 1.32. The first-order valence-corrected chi connectivity index (χ1v) is 6.61. The van der Waals surface area contributed by atoms with Crippen molar-refractivity contribution in [3.8, 4) is 5.75 Å². The van der Waals surface area contributed by atoms with Gasteiger partial charge in [0.25, 0.3) is 0 Å². The van der Waals surface area contributed by atoms with Gasteiger partial charge >= 0.3 is 5.56 Å². The molecule has 2 rings (SSSR count). The summed E-state index contributed by atoms with van der Waals surface area (Å²) in [5.74, 6) is -0.105. The van der Waals surface area contributed by atoms with Crippen LogP contribution in [0.25, 0.3) is 11.0 Å². The number of aromatic nitrogens is 3. The number of pyridine rings is 1. The molecule has 0 aliphatic rings. The van der Waals surface area contributed by atoms with Crippen LogP contribution in [0.2, 0.25) is 0 Å². The fourth-order valence-corrected chi connectivity index (χ4v) is 1.99. The van der Waals surface area contributed by atoms with Crippen molar-refractivity contribution in [3.63, 3.8) is 0 Å². The second-order valence-electron chi connectivity index (χ2n) is 3.71. The van der Waals surface area contributed by atoms with Crippen LogP contribution in [0.4, 0.5) is 0 Å². The largest absolute Gasteiger partial charge is 0.506 e. The second kappa shape index (κ2) is 5.51. The molecule has 0 aliphatic heterocycles. The van der Waals surface area contributed by atoms with Gasteiger partial charge in [0.15, 0.2) is 5.65 Å². The first-order chi connectivity index (χ1) is 8.66. The van der Waals surface area contributed by atoms with Crippen LogP contribution in [-0.4, -0.2) is 26.4 Å². The summed E-state index contributed by atoms with van der Waals surface area (Å²) in [6.45, 7) is 2.46. The summed E-state index contributed by atoms with van der Waals surface area (Å²) in [4.78, 5) is 25.3. The van der Waals surface area contributed by atoms with Crippen molar-refractivity contribution >= 4 is 33.6 Å². The first-order valence-electron chi connectivity index (χ1n) is 5.53. The molecule has 6 nitrogen and oxygen atoms in total. The molecule has 1 N–H and O–H groups in total. The quantitative estimate of drug-likeness (QED) is 0.657. The number of nitrogens with zero attached hydrogens (tertiary/aromatic N) is 3. The van der Waals surface area contributed by atoms with Crippen LogP contribution in [0.1, 0.15) is 19.8 Å². The minimum absolute atomic E-state index is 0.105. The summed E-state index contributed by atoms with van der Waals surface area (Å²) in [5, 5.41) is 10.3. The number of aromatic hydroxyl groups is 1. The Balaban J connectivity index is 2.60. The Bertz CT molecular complexity index is 627. The van der Waals surface area contributed by atoms with Crippen molar-refractivity contribution in [3.05, 3.63) is 26.4 Å². The summed E-state index contributed by atoms with van der Waals surface area (Å²) in [5.41, 5.74) is -0.126. The van der Waals surface area contributed by atoms with Crippen LogP contribution in [0, 0.1) is 3.57 Å². The molecule has 0 saturated carbocycles. The summed E-state index contributed by atoms with van der Waals surface area (Å²) >= 11 is 1.78. The van der Waals surface area contributed by atoms with Gasteiger partial charge < -0.3 is 9.94 Å². The van der Waals surface area contributed by atoms with E-state index in [4.69, 9.17) is 4.84 Å². The lowest BCUT2D eigenvalue weighted by molar-refractivity contribution is 0.107. The highest BCUT2D eigenvalue weighted by molar-refractivity contribution is 14.1. The molecule has 0 amide bonds. The smallest absolute Gasteiger partial charge is 0.302 e. The molecule has 0 unspecified atom stereocenters. The van der Waals surface area contributed by atoms with Crippen LogP contribution in [0.15, 0.2) is 17.3 Å². The molecule has 2 heterocycles. The Hall–Kier alpha value is -1.38. The zero-order valence-corrected chi connectivity index (χ0v) is 11.9. The highest BCUT2D eigenvalue weighted by atomic mass is 127. The van der Waals surface area contributed by atoms with E-state index in [0.717, 1.165) is 17.6 Å². The Morgan fingerprint density at radius 1 is 1.56 bits per heavy atom. The highest BCUT2D eigenvalue weighted by Gasteiger charge is 2.16. The van der Waals surface area contributed by atoms with E-state index in [1.807, 2.05) is 6.92 Å². The van der Waals surface area contributed by atoms with Crippen molar-refractivity contribution in [2.24, 2.45) is 0 Å². The predicted molar refractivity (Wildman–Crippen MR) is 74.5 cm³/mol. The van der Waals surface area contributed by atoms with Crippen molar-refractivity contribution < 1.29 is 9.94 Å². The SMILES string of the molecule is CCCCOn1c(=O)c(I)c(O)c2cncnc21. The van der Waals surface area contributed by atoms with E-state index in [0.29, 0.717) is 12.0 Å². The lowest BCUT2D eigenvalue weighted by Gasteiger charge is -2.11. The third kappa shape index (κ3) is 2.26. The Morgan fingerprint density at radius 3 is 3.06 bits per heavy atom. The number of rotatable bonds is 4. The van der Waals surface area contributed by atoms with Crippen LogP contribution < -0.4 is 10.4 Å². The third-order valence-electron chi connectivity index (χ3n) is 2.44. The van der Waals surface area contributed by atoms with Gasteiger partial charge in [-0.3, -0.25) is 4.79 Å². The van der Waals surface area contributed by atoms with Gasteiger partial charge in [-0.05, 0) is 29.0 Å². The first kappa shape index (κ1) is 13.1. The van der Waals surface area contributed by atoms with Gasteiger partial charge in [-0.25, -0.2) is 9.97 Å². The van der Waals surface area contributed by atoms with Gasteiger partial charge in [-0.2, -0.15) is 0 Å². The Morgan fingerprint density at radius 2 is 2.33 bits per heavy atom. The topological polar surface area (TPSA) is 77.2 Å². The zero-order valence-electron chi connectivity index (χ0n) is 9.76. The average Bonchev–Trinajstić information content (AvgIpc) is 2.40. The summed E-state index contributed by atoms with van der Waals surface area (Å²) in [6.07, 6.45) is 4.58. The number of hydrogen-bond donors (Lipinski definition) is 1. The predicted octanol–water partition coefficient (Wildman–Crippen LogP) is 1.33. The van der Waals surface area contributed by atoms with E-state index in [1.165, 1.54) is 12.5 Å². The van der Waals surface area contributed by atoms with Crippen molar-refractivity contribution in [1.82, 2.24) is 14.7 Å². The molecule has 0 bridgehead atoms. The number of unbranched alkanes of at least 4 members (excludes halogenated alkanes) is 1. The lowest BCUT2D eigenvalue weighted by atomic mass is 10.3. The summed E-state index contributed by atoms with van der Waals surface area (Å²) in [6, 6.07) is 0. The molecule has 96 valence electrons. The van der Waals surface area contributed by atoms with Crippen LogP contribution in [0.5, 0.6) is 5.75 Å². The fraction of sp³-hybridized carbons (Fsp3) is 0.364. The average molecular weight is 361 g/mol. The number of halogens is 1. The maximum absolute atomic E-state index is 12.0. The summed E-state index contributed by atoms with van der Waals surface area (Å²) in [7, 11) is 0. The van der Waals surface area contributed by atoms with Gasteiger partial charge in [0.05, 0.1) is 5.39 Å². The van der Waals surface area contributed by atoms with E-state index in [-0.39, 0.29) is 15.0 Å². The molecular weight excluding hydrogens is 349 g/mol. The van der Waals surface area contributed by atoms with Gasteiger partial charge in [0, 0.05) is 6.20 Å². The Labute approximate surface area is 117 Å². The van der Waals surface area contributed by atoms with E-state index >= 15 is 0 Å². The van der Waals surface area contributed by atoms with Crippen LogP contribution >= 0.6 is 22.6 Å². The van der Waals surface area contributed by atoms with E-state index < -0.39 is 5.56 Å². The van der Waals surface area contributed by atoms with Crippen molar-refractivity contribution in [1.29, 1.82) is 0 Å². The standard InChI is InChI=1S/C11H12IN3O3/c1-2-3-4-18-15-10-7(5-13-6-14-10)9(16)8(12)11(15)17/h5-6,16H,2-4H2,1H3. The number of hydrogen-bond acceptors (Lipinski definition) is 5. The monoisotopic (exact) mass is 361 g/mol. The van der Waals surface area contributed by atoms with Crippen molar-refractivity contribution in [2.75, 3.05) is 6.61 Å². The van der Waals surface area contributed by atoms with E-state index in [2.05, 4.69) is 9.97 Å². The molecule has 0 spiro atoms. The Kier molecular flexibility index (Phi) is 4.00. The van der Waals surface area contributed by atoms with Crippen molar-refractivity contribution in [2.45, 2.75) is 19.8 Å². The lowest BCUT2D eigenvalue weighted by Crippen LogP contribution is -2.30. The molecule has 0 aromatic carbocycles. The number of fused-ring (bicyclic) bond motifs is 1. The molecule has 7 heteroatoms. The maximum Gasteiger partial charge on any atom is 0.302 e. The van der Waals surface area contributed by atoms with Gasteiger partial charge in [0.2, 0.25) is 0 Å². The molecule has 0 saturated heterocycles. The second-order valence-corrected chi connectivity index (χ2v) is 4.79. The zero-order chi connectivity index (χ0) is 13.1. The fourth-order valence-electron chi connectivity index (χ4n) is 1.48. The van der Waals surface area contributed by atoms with Crippen LogP contribution in [-0.2, 0) is 0 Å². The van der Waals surface area contributed by atoms with Gasteiger partial charge in [-0.1, -0.05) is 13.3 Å².